The summed E-state index contributed by atoms with van der Waals surface area (Å²) in [7, 11) is 0. The summed E-state index contributed by atoms with van der Waals surface area (Å²) in [5.74, 6) is -0.0437. The van der Waals surface area contributed by atoms with Crippen LogP contribution < -0.4 is 5.32 Å². The van der Waals surface area contributed by atoms with Crippen molar-refractivity contribution in [1.29, 1.82) is 5.26 Å². The van der Waals surface area contributed by atoms with Gasteiger partial charge in [0, 0.05) is 4.88 Å². The van der Waals surface area contributed by atoms with E-state index in [1.165, 1.54) is 36.1 Å². The van der Waals surface area contributed by atoms with Gasteiger partial charge in [0.05, 0.1) is 10.9 Å². The number of fused-ring (bicyclic) bond motifs is 1. The van der Waals surface area contributed by atoms with Crippen LogP contribution in [0.2, 0.25) is 0 Å². The Bertz CT molecular complexity index is 538. The fraction of sp³-hybridized carbons (Fsp3) is 0.647. The molecule has 1 aromatic rings. The number of carbonyl (C=O) groups is 1. The monoisotopic (exact) mass is 302 g/mol. The number of nitriles is 1. The maximum Gasteiger partial charge on any atom is 0.262 e. The molecule has 2 aliphatic carbocycles. The highest BCUT2D eigenvalue weighted by molar-refractivity contribution is 7.14. The van der Waals surface area contributed by atoms with Crippen molar-refractivity contribution in [3.8, 4) is 6.07 Å². The van der Waals surface area contributed by atoms with Crippen molar-refractivity contribution >= 4 is 17.2 Å². The first-order chi connectivity index (χ1) is 10.2. The second-order valence-electron chi connectivity index (χ2n) is 6.33. The Labute approximate surface area is 130 Å². The van der Waals surface area contributed by atoms with Crippen molar-refractivity contribution in [3.05, 3.63) is 21.4 Å². The molecule has 0 saturated heterocycles. The number of amides is 1. The largest absolute Gasteiger partial charge is 0.333 e. The third-order valence-electron chi connectivity index (χ3n) is 4.74. The number of nitrogens with one attached hydrogen (secondary N) is 1. The Morgan fingerprint density at radius 3 is 2.52 bits per heavy atom. The fourth-order valence-electron chi connectivity index (χ4n) is 3.48. The second-order valence-corrected chi connectivity index (χ2v) is 7.47. The molecule has 2 aliphatic rings. The predicted molar refractivity (Wildman–Crippen MR) is 84.5 cm³/mol. The van der Waals surface area contributed by atoms with Crippen LogP contribution in [0.1, 0.15) is 71.5 Å². The van der Waals surface area contributed by atoms with E-state index in [1.54, 1.807) is 11.3 Å². The highest BCUT2D eigenvalue weighted by atomic mass is 32.1. The minimum Gasteiger partial charge on any atom is -0.333 e. The van der Waals surface area contributed by atoms with Crippen molar-refractivity contribution in [1.82, 2.24) is 5.32 Å². The van der Waals surface area contributed by atoms with Crippen LogP contribution in [0.3, 0.4) is 0 Å². The van der Waals surface area contributed by atoms with E-state index in [9.17, 15) is 10.1 Å². The molecule has 4 heteroatoms. The molecule has 1 N–H and O–H groups in total. The lowest BCUT2D eigenvalue weighted by Gasteiger charge is -2.25. The molecule has 1 saturated carbocycles. The molecule has 1 amide bonds. The molecule has 0 aromatic carbocycles. The van der Waals surface area contributed by atoms with E-state index in [1.807, 2.05) is 0 Å². The summed E-state index contributed by atoms with van der Waals surface area (Å²) in [5, 5.41) is 12.6. The second kappa shape index (κ2) is 6.19. The van der Waals surface area contributed by atoms with Gasteiger partial charge in [-0.05, 0) is 50.2 Å². The first-order valence-electron chi connectivity index (χ1n) is 8.08. The first-order valence-corrected chi connectivity index (χ1v) is 8.89. The van der Waals surface area contributed by atoms with E-state index in [2.05, 4.69) is 17.5 Å². The van der Waals surface area contributed by atoms with Gasteiger partial charge in [-0.1, -0.05) is 25.7 Å². The molecule has 1 aromatic heterocycles. The standard InChI is InChI=1S/C17H22N2OS/c18-12-17(9-5-1-2-6-10-17)19-16(20)15-11-13-7-3-4-8-14(13)21-15/h11H,1-10H2,(H,19,20). The minimum atomic E-state index is -0.641. The zero-order valence-corrected chi connectivity index (χ0v) is 13.2. The lowest BCUT2D eigenvalue weighted by Crippen LogP contribution is -2.46. The SMILES string of the molecule is N#CC1(NC(=O)c2cc3c(s2)CCCC3)CCCCCC1. The van der Waals surface area contributed by atoms with E-state index in [0.29, 0.717) is 0 Å². The zero-order chi connectivity index (χ0) is 14.7. The number of thiophene rings is 1. The molecule has 21 heavy (non-hydrogen) atoms. The highest BCUT2D eigenvalue weighted by Crippen LogP contribution is 2.31. The molecule has 0 bridgehead atoms. The molecule has 0 atom stereocenters. The van der Waals surface area contributed by atoms with Crippen LogP contribution >= 0.6 is 11.3 Å². The summed E-state index contributed by atoms with van der Waals surface area (Å²) < 4.78 is 0. The van der Waals surface area contributed by atoms with Crippen LogP contribution in [-0.2, 0) is 12.8 Å². The third-order valence-corrected chi connectivity index (χ3v) is 5.98. The van der Waals surface area contributed by atoms with Gasteiger partial charge in [0.25, 0.3) is 5.91 Å². The van der Waals surface area contributed by atoms with Crippen molar-refractivity contribution < 1.29 is 4.79 Å². The molecule has 0 spiro atoms. The number of nitrogens with zero attached hydrogens (tertiary/aromatic N) is 1. The van der Waals surface area contributed by atoms with Crippen LogP contribution in [-0.4, -0.2) is 11.4 Å². The molecule has 3 rings (SSSR count). The van der Waals surface area contributed by atoms with Crippen LogP contribution in [0.5, 0.6) is 0 Å². The van der Waals surface area contributed by atoms with Crippen molar-refractivity contribution in [2.75, 3.05) is 0 Å². The van der Waals surface area contributed by atoms with Gasteiger partial charge in [0.15, 0.2) is 0 Å². The maximum atomic E-state index is 12.6. The summed E-state index contributed by atoms with van der Waals surface area (Å²) in [5.41, 5.74) is 0.709. The van der Waals surface area contributed by atoms with Crippen LogP contribution in [0.4, 0.5) is 0 Å². The van der Waals surface area contributed by atoms with Gasteiger partial charge in [0.1, 0.15) is 5.54 Å². The summed E-state index contributed by atoms with van der Waals surface area (Å²) in [6.07, 6.45) is 10.7. The Kier molecular flexibility index (Phi) is 4.30. The van der Waals surface area contributed by atoms with Gasteiger partial charge in [0.2, 0.25) is 0 Å². The number of rotatable bonds is 2. The third kappa shape index (κ3) is 3.13. The molecule has 0 unspecified atom stereocenters. The summed E-state index contributed by atoms with van der Waals surface area (Å²) in [6, 6.07) is 4.44. The average Bonchev–Trinajstić information content (AvgIpc) is 2.81. The molecule has 0 radical (unpaired) electrons. The predicted octanol–water partition coefficient (Wildman–Crippen LogP) is 3.97. The quantitative estimate of drug-likeness (QED) is 0.840. The highest BCUT2D eigenvalue weighted by Gasteiger charge is 2.33. The Morgan fingerprint density at radius 2 is 1.86 bits per heavy atom. The van der Waals surface area contributed by atoms with Gasteiger partial charge in [-0.2, -0.15) is 5.26 Å². The molecular formula is C17H22N2OS. The molecular weight excluding hydrogens is 280 g/mol. The summed E-state index contributed by atoms with van der Waals surface area (Å²) in [4.78, 5) is 14.7. The fourth-order valence-corrected chi connectivity index (χ4v) is 4.63. The number of carbonyl (C=O) groups excluding carboxylic acids is 1. The van der Waals surface area contributed by atoms with Gasteiger partial charge in [-0.25, -0.2) is 0 Å². The van der Waals surface area contributed by atoms with E-state index in [0.717, 1.165) is 43.4 Å². The van der Waals surface area contributed by atoms with Crippen LogP contribution in [0, 0.1) is 11.3 Å². The van der Waals surface area contributed by atoms with Crippen molar-refractivity contribution in [3.63, 3.8) is 0 Å². The van der Waals surface area contributed by atoms with E-state index < -0.39 is 5.54 Å². The lowest BCUT2D eigenvalue weighted by molar-refractivity contribution is 0.0917. The molecule has 1 heterocycles. The topological polar surface area (TPSA) is 52.9 Å². The van der Waals surface area contributed by atoms with Gasteiger partial charge in [-0.3, -0.25) is 4.79 Å². The van der Waals surface area contributed by atoms with Gasteiger partial charge in [-0.15, -0.1) is 11.3 Å². The first kappa shape index (κ1) is 14.6. The van der Waals surface area contributed by atoms with Gasteiger partial charge >= 0.3 is 0 Å². The van der Waals surface area contributed by atoms with Gasteiger partial charge < -0.3 is 5.32 Å². The molecule has 0 aliphatic heterocycles. The van der Waals surface area contributed by atoms with E-state index >= 15 is 0 Å². The summed E-state index contributed by atoms with van der Waals surface area (Å²) >= 11 is 1.62. The van der Waals surface area contributed by atoms with Crippen LogP contribution in [0.15, 0.2) is 6.07 Å². The van der Waals surface area contributed by atoms with E-state index in [-0.39, 0.29) is 5.91 Å². The van der Waals surface area contributed by atoms with Crippen LogP contribution in [0.25, 0.3) is 0 Å². The Hall–Kier alpha value is -1.34. The lowest BCUT2D eigenvalue weighted by atomic mass is 9.91. The average molecular weight is 302 g/mol. The number of hydrogen-bond acceptors (Lipinski definition) is 3. The molecule has 112 valence electrons. The summed E-state index contributed by atoms with van der Waals surface area (Å²) in [6.45, 7) is 0. The smallest absolute Gasteiger partial charge is 0.262 e. The Balaban J connectivity index is 1.75. The normalized spacial score (nSPS) is 20.9. The van der Waals surface area contributed by atoms with E-state index in [4.69, 9.17) is 0 Å². The number of hydrogen-bond donors (Lipinski definition) is 1. The van der Waals surface area contributed by atoms with Crippen molar-refractivity contribution in [2.24, 2.45) is 0 Å². The number of aryl methyl sites for hydroxylation is 2. The zero-order valence-electron chi connectivity index (χ0n) is 12.4. The Morgan fingerprint density at radius 1 is 1.14 bits per heavy atom. The maximum absolute atomic E-state index is 12.6. The van der Waals surface area contributed by atoms with Crippen molar-refractivity contribution in [2.45, 2.75) is 69.7 Å². The molecule has 1 fully saturated rings. The minimum absolute atomic E-state index is 0.0437. The molecule has 3 nitrogen and oxygen atoms in total.